The van der Waals surface area contributed by atoms with E-state index in [0.29, 0.717) is 8.46 Å². The second-order valence-electron chi connectivity index (χ2n) is 5.54. The van der Waals surface area contributed by atoms with E-state index in [9.17, 15) is 0 Å². The lowest BCUT2D eigenvalue weighted by Gasteiger charge is -2.11. The molecule has 4 aromatic carbocycles. The van der Waals surface area contributed by atoms with Crippen molar-refractivity contribution in [3.05, 3.63) is 59.6 Å². The molecule has 0 aliphatic rings. The molecule has 2 atom stereocenters. The number of hydrogen-bond donors (Lipinski definition) is 0. The molecule has 0 aliphatic heterocycles. The maximum atomic E-state index is 6.54. The molecule has 2 unspecified atom stereocenters. The summed E-state index contributed by atoms with van der Waals surface area (Å²) in [4.78, 5) is 0. The van der Waals surface area contributed by atoms with Gasteiger partial charge >= 0.3 is 0 Å². The maximum absolute atomic E-state index is 6.54. The average Bonchev–Trinajstić information content (AvgIpc) is 2.61. The third kappa shape index (κ3) is 2.49. The van der Waals surface area contributed by atoms with Crippen molar-refractivity contribution >= 4 is 86.8 Å². The van der Waals surface area contributed by atoms with Crippen molar-refractivity contribution in [1.82, 2.24) is 0 Å². The summed E-state index contributed by atoms with van der Waals surface area (Å²) in [6.07, 6.45) is 0. The summed E-state index contributed by atoms with van der Waals surface area (Å²) >= 11 is 6.54. The van der Waals surface area contributed by atoms with Crippen LogP contribution in [0.15, 0.2) is 54.6 Å². The molecular formula is C18H12B2ClP2. The van der Waals surface area contributed by atoms with Gasteiger partial charge in [-0.05, 0) is 38.3 Å². The van der Waals surface area contributed by atoms with E-state index in [0.717, 1.165) is 15.9 Å². The molecule has 0 nitrogen and oxygen atoms in total. The van der Waals surface area contributed by atoms with Gasteiger partial charge in [0.25, 0.3) is 0 Å². The number of benzene rings is 4. The van der Waals surface area contributed by atoms with Gasteiger partial charge in [0.15, 0.2) is 7.00 Å². The predicted octanol–water partition coefficient (Wildman–Crippen LogP) is 4.31. The zero-order valence-electron chi connectivity index (χ0n) is 12.3. The molecule has 0 N–H and O–H groups in total. The second-order valence-corrected chi connectivity index (χ2v) is 7.11. The van der Waals surface area contributed by atoms with Crippen LogP contribution >= 0.6 is 29.2 Å². The number of hydrogen-bond acceptors (Lipinski definition) is 0. The fraction of sp³-hybridized carbons (Fsp3) is 0. The van der Waals surface area contributed by atoms with Gasteiger partial charge in [-0.3, -0.25) is 0 Å². The lowest BCUT2D eigenvalue weighted by Crippen LogP contribution is -2.09. The largest absolute Gasteiger partial charge is 0.180 e. The average molecular weight is 347 g/mol. The summed E-state index contributed by atoms with van der Waals surface area (Å²) in [5, 5.41) is 9.23. The molecule has 3 radical (unpaired) electrons. The van der Waals surface area contributed by atoms with Gasteiger partial charge in [-0.25, -0.2) is 0 Å². The van der Waals surface area contributed by atoms with Crippen LogP contribution in [0.4, 0.5) is 0 Å². The van der Waals surface area contributed by atoms with Gasteiger partial charge in [-0.15, -0.1) is 8.46 Å². The van der Waals surface area contributed by atoms with Crippen LogP contribution in [0.3, 0.4) is 0 Å². The van der Waals surface area contributed by atoms with Gasteiger partial charge < -0.3 is 0 Å². The van der Waals surface area contributed by atoms with E-state index in [1.807, 2.05) is 7.00 Å². The van der Waals surface area contributed by atoms with Crippen LogP contribution in [0.5, 0.6) is 0 Å². The van der Waals surface area contributed by atoms with Crippen LogP contribution in [0.2, 0.25) is 5.02 Å². The van der Waals surface area contributed by atoms with Gasteiger partial charge in [-0.2, -0.15) is 9.12 Å². The maximum Gasteiger partial charge on any atom is 0.180 e. The molecule has 0 heterocycles. The van der Waals surface area contributed by atoms with Crippen LogP contribution < -0.4 is 10.8 Å². The number of rotatable bonds is 2. The van der Waals surface area contributed by atoms with Crippen LogP contribution in [-0.2, 0) is 0 Å². The first-order chi connectivity index (χ1) is 11.2. The van der Waals surface area contributed by atoms with E-state index < -0.39 is 0 Å². The first kappa shape index (κ1) is 15.5. The normalized spacial score (nSPS) is 11.9. The van der Waals surface area contributed by atoms with Gasteiger partial charge in [0.1, 0.15) is 7.57 Å². The molecule has 0 aromatic heterocycles. The Bertz CT molecular complexity index is 1060. The Morgan fingerprint density at radius 3 is 2.22 bits per heavy atom. The van der Waals surface area contributed by atoms with Gasteiger partial charge in [0.05, 0.1) is 0 Å². The SMILES string of the molecule is [B]Pc1ccc2c(ccc3c4ccc([B]P)c(Cl)c4ccc23)c1. The van der Waals surface area contributed by atoms with Crippen molar-refractivity contribution < 1.29 is 0 Å². The molecule has 0 saturated carbocycles. The summed E-state index contributed by atoms with van der Waals surface area (Å²) in [6.45, 7) is 1.96. The quantitative estimate of drug-likeness (QED) is 0.288. The molecule has 23 heavy (non-hydrogen) atoms. The molecule has 0 aliphatic carbocycles. The van der Waals surface area contributed by atoms with Crippen LogP contribution in [0, 0.1) is 0 Å². The minimum absolute atomic E-state index is 0.329. The fourth-order valence-corrected chi connectivity index (χ4v) is 4.25. The second kappa shape index (κ2) is 6.10. The summed E-state index contributed by atoms with van der Waals surface area (Å²) < 4.78 is 0. The van der Waals surface area contributed by atoms with Crippen molar-refractivity contribution in [2.45, 2.75) is 0 Å². The smallest absolute Gasteiger partial charge is 0.172 e. The molecule has 107 valence electrons. The van der Waals surface area contributed by atoms with E-state index >= 15 is 0 Å². The fourth-order valence-electron chi connectivity index (χ4n) is 3.16. The molecule has 0 spiro atoms. The highest BCUT2D eigenvalue weighted by atomic mass is 35.5. The van der Waals surface area contributed by atoms with E-state index in [2.05, 4.69) is 63.7 Å². The minimum Gasteiger partial charge on any atom is -0.172 e. The monoisotopic (exact) mass is 347 g/mol. The zero-order valence-corrected chi connectivity index (χ0v) is 15.2. The zero-order chi connectivity index (χ0) is 16.0. The Morgan fingerprint density at radius 1 is 0.826 bits per heavy atom. The highest BCUT2D eigenvalue weighted by Crippen LogP contribution is 2.33. The molecule has 0 saturated heterocycles. The predicted molar refractivity (Wildman–Crippen MR) is 113 cm³/mol. The van der Waals surface area contributed by atoms with E-state index in [-0.39, 0.29) is 0 Å². The summed E-state index contributed by atoms with van der Waals surface area (Å²) in [5.74, 6) is 0. The lowest BCUT2D eigenvalue weighted by molar-refractivity contribution is 1.82. The minimum atomic E-state index is 0.329. The van der Waals surface area contributed by atoms with Crippen LogP contribution in [0.25, 0.3) is 32.3 Å². The summed E-state index contributed by atoms with van der Waals surface area (Å²) in [7, 11) is 8.72. The number of halogens is 1. The summed E-state index contributed by atoms with van der Waals surface area (Å²) in [6, 6.07) is 19.3. The van der Waals surface area contributed by atoms with Gasteiger partial charge in [0, 0.05) is 10.4 Å². The molecule has 0 amide bonds. The van der Waals surface area contributed by atoms with E-state index in [1.54, 1.807) is 0 Å². The Hall–Kier alpha value is -1.06. The number of fused-ring (bicyclic) bond motifs is 5. The molecule has 4 aromatic rings. The first-order valence-corrected chi connectivity index (χ1v) is 9.44. The Morgan fingerprint density at radius 2 is 1.43 bits per heavy atom. The Balaban J connectivity index is 2.11. The van der Waals surface area contributed by atoms with Gasteiger partial charge in [-0.1, -0.05) is 65.6 Å². The topological polar surface area (TPSA) is 0 Å². The Kier molecular flexibility index (Phi) is 4.10. The molecule has 0 bridgehead atoms. The molecule has 0 fully saturated rings. The van der Waals surface area contributed by atoms with Crippen molar-refractivity contribution in [1.29, 1.82) is 0 Å². The summed E-state index contributed by atoms with van der Waals surface area (Å²) in [5.41, 5.74) is 1.04. The first-order valence-electron chi connectivity index (χ1n) is 7.32. The van der Waals surface area contributed by atoms with Crippen molar-refractivity contribution in [2.24, 2.45) is 0 Å². The van der Waals surface area contributed by atoms with E-state index in [1.165, 1.54) is 32.2 Å². The van der Waals surface area contributed by atoms with E-state index in [4.69, 9.17) is 19.2 Å². The molecule has 4 rings (SSSR count). The van der Waals surface area contributed by atoms with Crippen LogP contribution in [-0.4, -0.2) is 14.6 Å². The molecular weight excluding hydrogens is 335 g/mol. The Labute approximate surface area is 146 Å². The third-order valence-electron chi connectivity index (χ3n) is 4.32. The molecule has 5 heteroatoms. The standard InChI is InChI=1S/C18H12B2ClP2/c19-23-11-2-4-12-10(9-11)1-3-14-13(12)5-6-16-15(14)7-8-17(20-22)18(16)21/h1-9,23H,22H2. The third-order valence-corrected chi connectivity index (χ3v) is 5.75. The lowest BCUT2D eigenvalue weighted by atomic mass is 9.89. The van der Waals surface area contributed by atoms with Crippen molar-refractivity contribution in [2.75, 3.05) is 0 Å². The van der Waals surface area contributed by atoms with Gasteiger partial charge in [0.2, 0.25) is 0 Å². The highest BCUT2D eigenvalue weighted by molar-refractivity contribution is 7.73. The highest BCUT2D eigenvalue weighted by Gasteiger charge is 2.09. The van der Waals surface area contributed by atoms with Crippen LogP contribution in [0.1, 0.15) is 0 Å². The van der Waals surface area contributed by atoms with Crippen molar-refractivity contribution in [3.63, 3.8) is 0 Å². The van der Waals surface area contributed by atoms with Crippen molar-refractivity contribution in [3.8, 4) is 0 Å².